The Balaban J connectivity index is 2.50. The molecule has 0 aromatic rings. The van der Waals surface area contributed by atoms with Gasteiger partial charge in [-0.05, 0) is 58.4 Å². The Morgan fingerprint density at radius 2 is 2.08 bits per heavy atom. The average molecular weight is 334 g/mol. The molecule has 4 nitrogen and oxygen atoms in total. The fourth-order valence-corrected chi connectivity index (χ4v) is 4.22. The molecule has 134 valence electrons. The molecule has 0 amide bonds. The summed E-state index contributed by atoms with van der Waals surface area (Å²) in [5.74, 6) is -0.366. The van der Waals surface area contributed by atoms with Crippen molar-refractivity contribution in [3.63, 3.8) is 0 Å². The first-order valence-electron chi connectivity index (χ1n) is 8.84. The monoisotopic (exact) mass is 334 g/mol. The summed E-state index contributed by atoms with van der Waals surface area (Å²) in [5, 5.41) is 11.6. The molecule has 0 aromatic heterocycles. The van der Waals surface area contributed by atoms with Gasteiger partial charge in [0.25, 0.3) is 0 Å². The van der Waals surface area contributed by atoms with Crippen LogP contribution in [0.15, 0.2) is 23.3 Å². The van der Waals surface area contributed by atoms with Crippen molar-refractivity contribution in [1.29, 1.82) is 0 Å². The fourth-order valence-electron chi connectivity index (χ4n) is 4.22. The lowest BCUT2D eigenvalue weighted by atomic mass is 9.65. The van der Waals surface area contributed by atoms with Gasteiger partial charge in [0, 0.05) is 12.0 Å². The third-order valence-corrected chi connectivity index (χ3v) is 6.20. The van der Waals surface area contributed by atoms with Gasteiger partial charge in [-0.1, -0.05) is 25.5 Å². The summed E-state index contributed by atoms with van der Waals surface area (Å²) in [6.07, 6.45) is 4.39. The zero-order chi connectivity index (χ0) is 18.3. The van der Waals surface area contributed by atoms with Crippen molar-refractivity contribution in [2.75, 3.05) is 0 Å². The maximum atomic E-state index is 12.9. The van der Waals surface area contributed by atoms with Crippen LogP contribution in [-0.4, -0.2) is 28.6 Å². The van der Waals surface area contributed by atoms with Crippen LogP contribution >= 0.6 is 0 Å². The van der Waals surface area contributed by atoms with E-state index < -0.39 is 23.1 Å². The molecule has 0 aliphatic heterocycles. The van der Waals surface area contributed by atoms with Crippen molar-refractivity contribution in [2.24, 2.45) is 17.3 Å². The first-order valence-corrected chi connectivity index (χ1v) is 8.84. The highest BCUT2D eigenvalue weighted by molar-refractivity contribution is 5.92. The standard InChI is InChI=1S/C20H30O4/c1-7-14(5)18(22)24-17-10-13(4)8-9-20(23)15(12(2)3)11-16(21)19(17,20)6/h7,10,12,15,17,23H,8-9,11H2,1-6H3/b14-7+. The van der Waals surface area contributed by atoms with Crippen LogP contribution in [0, 0.1) is 17.3 Å². The molecule has 0 saturated heterocycles. The Bertz CT molecular complexity index is 601. The second-order valence-electron chi connectivity index (χ2n) is 7.92. The molecule has 2 aliphatic rings. The zero-order valence-electron chi connectivity index (χ0n) is 15.7. The van der Waals surface area contributed by atoms with Gasteiger partial charge in [0.05, 0.1) is 11.0 Å². The van der Waals surface area contributed by atoms with E-state index in [1.165, 1.54) is 0 Å². The largest absolute Gasteiger partial charge is 0.454 e. The van der Waals surface area contributed by atoms with E-state index in [4.69, 9.17) is 4.74 Å². The van der Waals surface area contributed by atoms with Crippen LogP contribution in [0.1, 0.15) is 60.8 Å². The number of allylic oxidation sites excluding steroid dienone is 2. The maximum absolute atomic E-state index is 12.9. The lowest BCUT2D eigenvalue weighted by molar-refractivity contribution is -0.171. The van der Waals surface area contributed by atoms with Crippen LogP contribution < -0.4 is 0 Å². The van der Waals surface area contributed by atoms with Crippen LogP contribution in [0.4, 0.5) is 0 Å². The molecule has 2 aliphatic carbocycles. The van der Waals surface area contributed by atoms with Crippen molar-refractivity contribution < 1.29 is 19.4 Å². The molecule has 1 saturated carbocycles. The highest BCUT2D eigenvalue weighted by atomic mass is 16.5. The van der Waals surface area contributed by atoms with Crippen LogP contribution in [0.2, 0.25) is 0 Å². The summed E-state index contributed by atoms with van der Waals surface area (Å²) < 4.78 is 5.71. The van der Waals surface area contributed by atoms with E-state index in [0.717, 1.165) is 5.57 Å². The molecule has 0 heterocycles. The van der Waals surface area contributed by atoms with Crippen LogP contribution in [0.5, 0.6) is 0 Å². The van der Waals surface area contributed by atoms with Gasteiger partial charge in [0.2, 0.25) is 0 Å². The zero-order valence-corrected chi connectivity index (χ0v) is 15.7. The number of rotatable bonds is 3. The lowest BCUT2D eigenvalue weighted by Crippen LogP contribution is -2.56. The Hall–Kier alpha value is -1.42. The molecule has 1 fully saturated rings. The Morgan fingerprint density at radius 1 is 1.46 bits per heavy atom. The van der Waals surface area contributed by atoms with Gasteiger partial charge < -0.3 is 9.84 Å². The van der Waals surface area contributed by atoms with E-state index >= 15 is 0 Å². The molecule has 0 radical (unpaired) electrons. The Labute approximate surface area is 145 Å². The third-order valence-electron chi connectivity index (χ3n) is 6.20. The average Bonchev–Trinajstić information content (AvgIpc) is 2.67. The molecule has 4 unspecified atom stereocenters. The van der Waals surface area contributed by atoms with Crippen molar-refractivity contribution >= 4 is 11.8 Å². The van der Waals surface area contributed by atoms with E-state index in [1.54, 1.807) is 26.8 Å². The first-order chi connectivity index (χ1) is 11.1. The Morgan fingerprint density at radius 3 is 2.62 bits per heavy atom. The number of Topliss-reactive ketones (excluding diaryl/α,β-unsaturated/α-hetero) is 1. The summed E-state index contributed by atoms with van der Waals surface area (Å²) in [5.41, 5.74) is -0.696. The van der Waals surface area contributed by atoms with Crippen LogP contribution in [0.3, 0.4) is 0 Å². The van der Waals surface area contributed by atoms with Gasteiger partial charge in [-0.25, -0.2) is 4.79 Å². The van der Waals surface area contributed by atoms with Crippen molar-refractivity contribution in [1.82, 2.24) is 0 Å². The quantitative estimate of drug-likeness (QED) is 0.487. The van der Waals surface area contributed by atoms with E-state index in [0.29, 0.717) is 24.8 Å². The SMILES string of the molecule is C/C=C(\C)C(=O)OC1C=C(C)CCC2(O)C(C(C)C)CC(=O)C12C. The fraction of sp³-hybridized carbons (Fsp3) is 0.700. The van der Waals surface area contributed by atoms with Crippen LogP contribution in [-0.2, 0) is 14.3 Å². The Kier molecular flexibility index (Phi) is 5.10. The highest BCUT2D eigenvalue weighted by Crippen LogP contribution is 2.56. The van der Waals surface area contributed by atoms with Gasteiger partial charge in [-0.15, -0.1) is 0 Å². The summed E-state index contributed by atoms with van der Waals surface area (Å²) in [6.45, 7) is 11.3. The summed E-state index contributed by atoms with van der Waals surface area (Å²) in [6, 6.07) is 0. The van der Waals surface area contributed by atoms with Crippen molar-refractivity contribution in [2.45, 2.75) is 72.5 Å². The summed E-state index contributed by atoms with van der Waals surface area (Å²) in [4.78, 5) is 25.3. The van der Waals surface area contributed by atoms with Gasteiger partial charge >= 0.3 is 5.97 Å². The minimum Gasteiger partial charge on any atom is -0.454 e. The van der Waals surface area contributed by atoms with E-state index in [1.807, 2.05) is 26.8 Å². The number of esters is 1. The van der Waals surface area contributed by atoms with Gasteiger partial charge in [0.1, 0.15) is 11.9 Å². The van der Waals surface area contributed by atoms with Gasteiger partial charge in [0.15, 0.2) is 0 Å². The molecule has 24 heavy (non-hydrogen) atoms. The van der Waals surface area contributed by atoms with Gasteiger partial charge in [-0.3, -0.25) is 4.79 Å². The predicted octanol–water partition coefficient (Wildman–Crippen LogP) is 3.59. The first kappa shape index (κ1) is 18.9. The normalized spacial score (nSPS) is 37.1. The molecule has 2 rings (SSSR count). The highest BCUT2D eigenvalue weighted by Gasteiger charge is 2.66. The summed E-state index contributed by atoms with van der Waals surface area (Å²) >= 11 is 0. The molecule has 0 aromatic carbocycles. The number of carbonyl (C=O) groups is 2. The predicted molar refractivity (Wildman–Crippen MR) is 93.3 cm³/mol. The molecule has 0 bridgehead atoms. The molecule has 1 N–H and O–H groups in total. The van der Waals surface area contributed by atoms with E-state index in [2.05, 4.69) is 0 Å². The molecular formula is C20H30O4. The van der Waals surface area contributed by atoms with Crippen molar-refractivity contribution in [3.8, 4) is 0 Å². The number of hydrogen-bond acceptors (Lipinski definition) is 4. The molecule has 4 atom stereocenters. The topological polar surface area (TPSA) is 63.6 Å². The molecule has 4 heteroatoms. The second kappa shape index (κ2) is 6.47. The number of ketones is 1. The molecule has 0 spiro atoms. The smallest absolute Gasteiger partial charge is 0.334 e. The molecular weight excluding hydrogens is 304 g/mol. The number of hydrogen-bond donors (Lipinski definition) is 1. The number of carbonyl (C=O) groups excluding carboxylic acids is 2. The number of aliphatic hydroxyl groups is 1. The number of ether oxygens (including phenoxy) is 1. The third kappa shape index (κ3) is 2.75. The van der Waals surface area contributed by atoms with Crippen LogP contribution in [0.25, 0.3) is 0 Å². The summed E-state index contributed by atoms with van der Waals surface area (Å²) in [7, 11) is 0. The van der Waals surface area contributed by atoms with E-state index in [-0.39, 0.29) is 17.6 Å². The van der Waals surface area contributed by atoms with Crippen molar-refractivity contribution in [3.05, 3.63) is 23.3 Å². The maximum Gasteiger partial charge on any atom is 0.334 e. The van der Waals surface area contributed by atoms with Gasteiger partial charge in [-0.2, -0.15) is 0 Å². The lowest BCUT2D eigenvalue weighted by Gasteiger charge is -2.44. The number of fused-ring (bicyclic) bond motifs is 1. The minimum atomic E-state index is -1.15. The van der Waals surface area contributed by atoms with E-state index in [9.17, 15) is 14.7 Å². The minimum absolute atomic E-state index is 0.00872. The second-order valence-corrected chi connectivity index (χ2v) is 7.92.